The number of carbonyl (C=O) groups is 1. The molecule has 27 heavy (non-hydrogen) atoms. The molecule has 0 spiro atoms. The second-order valence-electron chi connectivity index (χ2n) is 6.55. The Morgan fingerprint density at radius 2 is 1.89 bits per heavy atom. The smallest absolute Gasteiger partial charge is 0.259 e. The minimum atomic E-state index is -0.274. The SMILES string of the molecule is CCC(CC)NC(=O)c1c(-c2c(C)nn(-c3ccccc3)c2C)noc1N. The third-order valence-corrected chi connectivity index (χ3v) is 4.80. The van der Waals surface area contributed by atoms with Crippen LogP contribution in [0.3, 0.4) is 0 Å². The molecular formula is C20H25N5O2. The number of nitrogens with zero attached hydrogens (tertiary/aromatic N) is 3. The van der Waals surface area contributed by atoms with Crippen molar-refractivity contribution in [1.82, 2.24) is 20.3 Å². The lowest BCUT2D eigenvalue weighted by Crippen LogP contribution is -2.34. The van der Waals surface area contributed by atoms with Crippen molar-refractivity contribution in [2.24, 2.45) is 0 Å². The molecule has 0 radical (unpaired) electrons. The quantitative estimate of drug-likeness (QED) is 0.693. The van der Waals surface area contributed by atoms with Crippen LogP contribution in [0.25, 0.3) is 16.9 Å². The molecule has 2 aromatic heterocycles. The zero-order valence-electron chi connectivity index (χ0n) is 16.1. The fourth-order valence-electron chi connectivity index (χ4n) is 3.25. The van der Waals surface area contributed by atoms with Crippen LogP contribution in [0.1, 0.15) is 48.4 Å². The summed E-state index contributed by atoms with van der Waals surface area (Å²) in [6.07, 6.45) is 1.68. The lowest BCUT2D eigenvalue weighted by atomic mass is 10.0. The van der Waals surface area contributed by atoms with Gasteiger partial charge in [-0.1, -0.05) is 37.2 Å². The molecule has 7 heteroatoms. The van der Waals surface area contributed by atoms with Gasteiger partial charge in [-0.2, -0.15) is 5.10 Å². The van der Waals surface area contributed by atoms with E-state index in [1.54, 1.807) is 0 Å². The summed E-state index contributed by atoms with van der Waals surface area (Å²) < 4.78 is 7.01. The topological polar surface area (TPSA) is 99.0 Å². The number of carbonyl (C=O) groups excluding carboxylic acids is 1. The molecule has 0 saturated heterocycles. The molecule has 1 amide bonds. The van der Waals surface area contributed by atoms with Crippen molar-refractivity contribution in [2.45, 2.75) is 46.6 Å². The van der Waals surface area contributed by atoms with Gasteiger partial charge in [-0.3, -0.25) is 4.79 Å². The first-order valence-corrected chi connectivity index (χ1v) is 9.15. The highest BCUT2D eigenvalue weighted by Gasteiger charge is 2.28. The number of anilines is 1. The van der Waals surface area contributed by atoms with E-state index in [4.69, 9.17) is 10.3 Å². The van der Waals surface area contributed by atoms with Gasteiger partial charge in [0.1, 0.15) is 11.3 Å². The molecule has 0 unspecified atom stereocenters. The average molecular weight is 367 g/mol. The van der Waals surface area contributed by atoms with Gasteiger partial charge in [0, 0.05) is 11.6 Å². The van der Waals surface area contributed by atoms with Gasteiger partial charge in [0.25, 0.3) is 5.91 Å². The van der Waals surface area contributed by atoms with Crippen molar-refractivity contribution in [3.63, 3.8) is 0 Å². The first kappa shape index (κ1) is 18.7. The molecule has 0 aliphatic carbocycles. The van der Waals surface area contributed by atoms with E-state index in [1.807, 2.05) is 62.7 Å². The molecule has 0 aliphatic rings. The second kappa shape index (κ2) is 7.65. The van der Waals surface area contributed by atoms with Crippen LogP contribution in [0.5, 0.6) is 0 Å². The average Bonchev–Trinajstić information content (AvgIpc) is 3.19. The first-order chi connectivity index (χ1) is 13.0. The summed E-state index contributed by atoms with van der Waals surface area (Å²) in [5.74, 6) is -0.261. The number of amides is 1. The van der Waals surface area contributed by atoms with E-state index in [2.05, 4.69) is 15.6 Å². The van der Waals surface area contributed by atoms with Crippen LogP contribution in [0.2, 0.25) is 0 Å². The van der Waals surface area contributed by atoms with Gasteiger partial charge in [0.2, 0.25) is 5.88 Å². The molecule has 0 saturated carbocycles. The standard InChI is InChI=1S/C20H25N5O2/c1-5-14(6-2)22-20(26)17-18(24-27-19(17)21)16-12(3)23-25(13(16)4)15-10-8-7-9-11-15/h7-11,14H,5-6,21H2,1-4H3,(H,22,26). The number of aryl methyl sites for hydroxylation is 1. The molecule has 0 fully saturated rings. The number of nitrogens with two attached hydrogens (primary N) is 1. The fourth-order valence-corrected chi connectivity index (χ4v) is 3.25. The molecule has 7 nitrogen and oxygen atoms in total. The van der Waals surface area contributed by atoms with Crippen molar-refractivity contribution >= 4 is 11.8 Å². The van der Waals surface area contributed by atoms with Crippen LogP contribution in [-0.4, -0.2) is 26.9 Å². The van der Waals surface area contributed by atoms with E-state index in [9.17, 15) is 4.79 Å². The molecule has 0 atom stereocenters. The highest BCUT2D eigenvalue weighted by atomic mass is 16.5. The van der Waals surface area contributed by atoms with E-state index in [0.29, 0.717) is 5.69 Å². The van der Waals surface area contributed by atoms with Gasteiger partial charge in [-0.15, -0.1) is 0 Å². The predicted octanol–water partition coefficient (Wildman–Crippen LogP) is 3.64. The Bertz CT molecular complexity index is 939. The van der Waals surface area contributed by atoms with Crippen LogP contribution in [-0.2, 0) is 0 Å². The molecule has 0 aliphatic heterocycles. The molecule has 0 bridgehead atoms. The van der Waals surface area contributed by atoms with E-state index in [1.165, 1.54) is 0 Å². The molecule has 142 valence electrons. The van der Waals surface area contributed by atoms with Crippen LogP contribution >= 0.6 is 0 Å². The lowest BCUT2D eigenvalue weighted by Gasteiger charge is -2.14. The lowest BCUT2D eigenvalue weighted by molar-refractivity contribution is 0.0936. The number of nitrogens with one attached hydrogen (secondary N) is 1. The van der Waals surface area contributed by atoms with Gasteiger partial charge in [-0.25, -0.2) is 4.68 Å². The van der Waals surface area contributed by atoms with E-state index < -0.39 is 0 Å². The molecular weight excluding hydrogens is 342 g/mol. The molecule has 3 aromatic rings. The van der Waals surface area contributed by atoms with Gasteiger partial charge in [-0.05, 0) is 38.8 Å². The minimum Gasteiger partial charge on any atom is -0.367 e. The summed E-state index contributed by atoms with van der Waals surface area (Å²) in [5, 5.41) is 11.7. The first-order valence-electron chi connectivity index (χ1n) is 9.15. The Balaban J connectivity index is 2.06. The monoisotopic (exact) mass is 367 g/mol. The maximum absolute atomic E-state index is 12.8. The number of hydrogen-bond donors (Lipinski definition) is 2. The number of rotatable bonds is 6. The number of aromatic nitrogens is 3. The zero-order chi connectivity index (χ0) is 19.6. The van der Waals surface area contributed by atoms with Crippen molar-refractivity contribution in [1.29, 1.82) is 0 Å². The van der Waals surface area contributed by atoms with Crippen LogP contribution in [0.15, 0.2) is 34.9 Å². The highest BCUT2D eigenvalue weighted by Crippen LogP contribution is 2.33. The van der Waals surface area contributed by atoms with Gasteiger partial charge in [0.05, 0.1) is 17.1 Å². The van der Waals surface area contributed by atoms with E-state index in [0.717, 1.165) is 35.5 Å². The summed E-state index contributed by atoms with van der Waals surface area (Å²) in [7, 11) is 0. The van der Waals surface area contributed by atoms with Crippen LogP contribution in [0, 0.1) is 13.8 Å². The Morgan fingerprint density at radius 1 is 1.22 bits per heavy atom. The maximum Gasteiger partial charge on any atom is 0.259 e. The van der Waals surface area contributed by atoms with Crippen molar-refractivity contribution < 1.29 is 9.32 Å². The van der Waals surface area contributed by atoms with Crippen LogP contribution < -0.4 is 11.1 Å². The van der Waals surface area contributed by atoms with Gasteiger partial charge in [0.15, 0.2) is 0 Å². The molecule has 2 heterocycles. The van der Waals surface area contributed by atoms with Crippen LogP contribution in [0.4, 0.5) is 5.88 Å². The number of benzene rings is 1. The third kappa shape index (κ3) is 3.45. The molecule has 1 aromatic carbocycles. The van der Waals surface area contributed by atoms with E-state index >= 15 is 0 Å². The van der Waals surface area contributed by atoms with E-state index in [-0.39, 0.29) is 23.4 Å². The fraction of sp³-hybridized carbons (Fsp3) is 0.350. The van der Waals surface area contributed by atoms with Gasteiger partial charge >= 0.3 is 0 Å². The third-order valence-electron chi connectivity index (χ3n) is 4.80. The summed E-state index contributed by atoms with van der Waals surface area (Å²) in [6.45, 7) is 7.89. The second-order valence-corrected chi connectivity index (χ2v) is 6.55. The molecule has 3 rings (SSSR count). The number of nitrogen functional groups attached to an aromatic ring is 1. The number of hydrogen-bond acceptors (Lipinski definition) is 5. The number of para-hydroxylation sites is 1. The molecule has 3 N–H and O–H groups in total. The maximum atomic E-state index is 12.8. The zero-order valence-corrected chi connectivity index (χ0v) is 16.1. The largest absolute Gasteiger partial charge is 0.367 e. The summed E-state index contributed by atoms with van der Waals surface area (Å²) in [4.78, 5) is 12.8. The van der Waals surface area contributed by atoms with Gasteiger partial charge < -0.3 is 15.6 Å². The Kier molecular flexibility index (Phi) is 5.30. The Hall–Kier alpha value is -3.09. The predicted molar refractivity (Wildman–Crippen MR) is 105 cm³/mol. The highest BCUT2D eigenvalue weighted by molar-refractivity contribution is 6.04. The van der Waals surface area contributed by atoms with Crippen molar-refractivity contribution in [2.75, 3.05) is 5.73 Å². The van der Waals surface area contributed by atoms with Crippen molar-refractivity contribution in [3.8, 4) is 16.9 Å². The van der Waals surface area contributed by atoms with Crippen molar-refractivity contribution in [3.05, 3.63) is 47.3 Å². The minimum absolute atomic E-state index is 0.0136. The Labute approximate surface area is 158 Å². The normalized spacial score (nSPS) is 11.1. The Morgan fingerprint density at radius 3 is 2.52 bits per heavy atom. The summed E-state index contributed by atoms with van der Waals surface area (Å²) in [6, 6.07) is 9.88. The summed E-state index contributed by atoms with van der Waals surface area (Å²) >= 11 is 0. The summed E-state index contributed by atoms with van der Waals surface area (Å²) in [5.41, 5.74) is 9.94.